The molecule has 11 heteroatoms. The molecule has 1 aliphatic heterocycles. The lowest BCUT2D eigenvalue weighted by atomic mass is 10.0. The lowest BCUT2D eigenvalue weighted by molar-refractivity contribution is -0.137. The number of fused-ring (bicyclic) bond motifs is 1. The van der Waals surface area contributed by atoms with E-state index in [9.17, 15) is 21.6 Å². The minimum absolute atomic E-state index is 0.0441. The summed E-state index contributed by atoms with van der Waals surface area (Å²) in [5.41, 5.74) is 7.51. The minimum Gasteiger partial charge on any atom is -0.383 e. The van der Waals surface area contributed by atoms with Crippen molar-refractivity contribution in [2.24, 2.45) is 5.92 Å². The van der Waals surface area contributed by atoms with Crippen molar-refractivity contribution in [3.05, 3.63) is 41.2 Å². The number of halogens is 3. The maximum Gasteiger partial charge on any atom is 0.419 e. The average molecular weight is 482 g/mol. The van der Waals surface area contributed by atoms with Gasteiger partial charge < -0.3 is 5.73 Å². The van der Waals surface area contributed by atoms with E-state index < -0.39 is 27.4 Å². The Morgan fingerprint density at radius 2 is 1.88 bits per heavy atom. The largest absolute Gasteiger partial charge is 0.419 e. The summed E-state index contributed by atoms with van der Waals surface area (Å²) in [6.45, 7) is 5.11. The number of nitrogens with zero attached hydrogens (tertiary/aromatic N) is 4. The Labute approximate surface area is 190 Å². The van der Waals surface area contributed by atoms with E-state index >= 15 is 0 Å². The molecule has 33 heavy (non-hydrogen) atoms. The summed E-state index contributed by atoms with van der Waals surface area (Å²) in [5.74, 6) is 0.431. The van der Waals surface area contributed by atoms with Gasteiger partial charge in [0, 0.05) is 48.5 Å². The van der Waals surface area contributed by atoms with Gasteiger partial charge in [-0.2, -0.15) is 18.3 Å². The fourth-order valence-electron chi connectivity index (χ4n) is 5.12. The fourth-order valence-corrected chi connectivity index (χ4v) is 6.35. The smallest absolute Gasteiger partial charge is 0.383 e. The van der Waals surface area contributed by atoms with E-state index in [0.717, 1.165) is 18.2 Å². The molecule has 3 aliphatic rings. The highest BCUT2D eigenvalue weighted by Crippen LogP contribution is 2.60. The van der Waals surface area contributed by atoms with Crippen LogP contribution in [-0.4, -0.2) is 58.7 Å². The zero-order valence-corrected chi connectivity index (χ0v) is 19.2. The quantitative estimate of drug-likeness (QED) is 0.674. The van der Waals surface area contributed by atoms with Crippen LogP contribution in [0.1, 0.15) is 43.5 Å². The second kappa shape index (κ2) is 7.56. The SMILES string of the molecule is CC(C)n1nc(-c2cnc(N)c(C(F)(F)F)c2)cc1[C@@H]1C2=C[C@@H](N3CCS(=O)(=O)CC3)C[C@H]21. The molecular weight excluding hydrogens is 455 g/mol. The average Bonchev–Trinajstić information content (AvgIpc) is 3.06. The number of sulfone groups is 1. The van der Waals surface area contributed by atoms with Gasteiger partial charge in [0.25, 0.3) is 0 Å². The van der Waals surface area contributed by atoms with Gasteiger partial charge in [0.2, 0.25) is 0 Å². The first kappa shape index (κ1) is 22.4. The monoisotopic (exact) mass is 481 g/mol. The molecule has 0 aromatic carbocycles. The third kappa shape index (κ3) is 4.05. The Morgan fingerprint density at radius 3 is 2.45 bits per heavy atom. The highest BCUT2D eigenvalue weighted by atomic mass is 32.2. The minimum atomic E-state index is -4.59. The second-order valence-electron chi connectivity index (χ2n) is 9.39. The molecule has 1 saturated heterocycles. The molecule has 178 valence electrons. The number of rotatable bonds is 4. The highest BCUT2D eigenvalue weighted by Gasteiger charge is 2.52. The molecule has 1 saturated carbocycles. The summed E-state index contributed by atoms with van der Waals surface area (Å²) in [6.07, 6.45) is -0.0795. The molecule has 2 aliphatic carbocycles. The van der Waals surface area contributed by atoms with Gasteiger partial charge in [-0.3, -0.25) is 9.58 Å². The summed E-state index contributed by atoms with van der Waals surface area (Å²) in [5, 5.41) is 4.61. The van der Waals surface area contributed by atoms with Crippen molar-refractivity contribution in [1.29, 1.82) is 0 Å². The van der Waals surface area contributed by atoms with E-state index in [2.05, 4.69) is 21.1 Å². The zero-order valence-electron chi connectivity index (χ0n) is 18.4. The maximum atomic E-state index is 13.3. The number of alkyl halides is 3. The first-order valence-electron chi connectivity index (χ1n) is 11.0. The molecule has 0 radical (unpaired) electrons. The Hall–Kier alpha value is -2.40. The molecule has 2 aromatic heterocycles. The number of allylic oxidation sites excluding steroid dienone is 1. The number of anilines is 1. The van der Waals surface area contributed by atoms with Crippen LogP contribution in [-0.2, 0) is 16.0 Å². The molecule has 3 atom stereocenters. The van der Waals surface area contributed by atoms with Crippen molar-refractivity contribution in [3.63, 3.8) is 0 Å². The van der Waals surface area contributed by atoms with Crippen molar-refractivity contribution in [2.75, 3.05) is 30.3 Å². The number of hydrogen-bond donors (Lipinski definition) is 1. The standard InChI is InChI=1S/C22H26F3N5O2S/c1-12(2)30-19(10-18(28-30)13-7-17(22(23,24)25)21(26)27-11-13)20-15-8-14(9-16(15)20)29-3-5-33(31,32)6-4-29/h7-8,10-12,14,16,20H,3-6,9H2,1-2H3,(H2,26,27)/t14-,16-,20-/m1/s1. The van der Waals surface area contributed by atoms with Crippen molar-refractivity contribution >= 4 is 15.7 Å². The van der Waals surface area contributed by atoms with Gasteiger partial charge >= 0.3 is 6.18 Å². The molecule has 0 unspecified atom stereocenters. The third-order valence-corrected chi connectivity index (χ3v) is 8.51. The Morgan fingerprint density at radius 1 is 1.18 bits per heavy atom. The van der Waals surface area contributed by atoms with E-state index in [1.54, 1.807) is 0 Å². The maximum absolute atomic E-state index is 13.3. The number of nitrogen functional groups attached to an aromatic ring is 1. The fraction of sp³-hybridized carbons (Fsp3) is 0.545. The number of hydrogen-bond acceptors (Lipinski definition) is 6. The van der Waals surface area contributed by atoms with Crippen LogP contribution < -0.4 is 5.73 Å². The lowest BCUT2D eigenvalue weighted by Gasteiger charge is -2.32. The van der Waals surface area contributed by atoms with Crippen molar-refractivity contribution in [3.8, 4) is 11.3 Å². The zero-order chi connectivity index (χ0) is 23.7. The Balaban J connectivity index is 1.40. The Kier molecular flexibility index (Phi) is 5.13. The molecule has 7 nitrogen and oxygen atoms in total. The van der Waals surface area contributed by atoms with Gasteiger partial charge in [0.05, 0.1) is 22.8 Å². The molecule has 2 N–H and O–H groups in total. The van der Waals surface area contributed by atoms with E-state index in [4.69, 9.17) is 5.73 Å². The van der Waals surface area contributed by atoms with Crippen LogP contribution in [0, 0.1) is 5.92 Å². The van der Waals surface area contributed by atoms with Crippen LogP contribution in [0.4, 0.5) is 19.0 Å². The van der Waals surface area contributed by atoms with Crippen LogP contribution in [0.15, 0.2) is 30.0 Å². The predicted molar refractivity (Wildman–Crippen MR) is 118 cm³/mol. The topological polar surface area (TPSA) is 94.1 Å². The summed E-state index contributed by atoms with van der Waals surface area (Å²) in [7, 11) is -2.91. The lowest BCUT2D eigenvalue weighted by Crippen LogP contribution is -2.45. The Bertz CT molecular complexity index is 1220. The molecular formula is C22H26F3N5O2S. The van der Waals surface area contributed by atoms with Crippen LogP contribution in [0.5, 0.6) is 0 Å². The third-order valence-electron chi connectivity index (χ3n) is 6.90. The highest BCUT2D eigenvalue weighted by molar-refractivity contribution is 7.91. The second-order valence-corrected chi connectivity index (χ2v) is 11.7. The van der Waals surface area contributed by atoms with Gasteiger partial charge in [-0.25, -0.2) is 13.4 Å². The van der Waals surface area contributed by atoms with Crippen LogP contribution in [0.25, 0.3) is 11.3 Å². The first-order chi connectivity index (χ1) is 15.4. The van der Waals surface area contributed by atoms with Crippen molar-refractivity contribution in [2.45, 2.75) is 44.4 Å². The van der Waals surface area contributed by atoms with Crippen molar-refractivity contribution < 1.29 is 21.6 Å². The molecule has 0 bridgehead atoms. The predicted octanol–water partition coefficient (Wildman–Crippen LogP) is 3.27. The van der Waals surface area contributed by atoms with Gasteiger partial charge in [-0.05, 0) is 38.3 Å². The molecule has 2 fully saturated rings. The van der Waals surface area contributed by atoms with Gasteiger partial charge in [-0.1, -0.05) is 11.6 Å². The summed E-state index contributed by atoms with van der Waals surface area (Å²) in [4.78, 5) is 5.98. The molecule has 5 rings (SSSR count). The van der Waals surface area contributed by atoms with E-state index in [1.807, 2.05) is 24.6 Å². The summed E-state index contributed by atoms with van der Waals surface area (Å²) in [6, 6.07) is 3.16. The normalized spacial score (nSPS) is 27.0. The van der Waals surface area contributed by atoms with Gasteiger partial charge in [0.15, 0.2) is 9.84 Å². The van der Waals surface area contributed by atoms with Crippen LogP contribution in [0.2, 0.25) is 0 Å². The number of aromatic nitrogens is 3. The molecule has 0 spiro atoms. The van der Waals surface area contributed by atoms with Crippen molar-refractivity contribution in [1.82, 2.24) is 19.7 Å². The first-order valence-corrected chi connectivity index (χ1v) is 12.9. The molecule has 2 aromatic rings. The molecule has 3 heterocycles. The summed E-state index contributed by atoms with van der Waals surface area (Å²) < 4.78 is 65.2. The number of nitrogens with two attached hydrogens (primary N) is 1. The van der Waals surface area contributed by atoms with E-state index in [0.29, 0.717) is 24.7 Å². The van der Waals surface area contributed by atoms with E-state index in [-0.39, 0.29) is 35.1 Å². The van der Waals surface area contributed by atoms with Gasteiger partial charge in [-0.15, -0.1) is 0 Å². The molecule has 0 amide bonds. The van der Waals surface area contributed by atoms with E-state index in [1.165, 1.54) is 11.8 Å². The van der Waals surface area contributed by atoms with Gasteiger partial charge in [0.1, 0.15) is 5.82 Å². The van der Waals surface area contributed by atoms with Crippen LogP contribution in [0.3, 0.4) is 0 Å². The summed E-state index contributed by atoms with van der Waals surface area (Å²) >= 11 is 0. The number of pyridine rings is 1. The van der Waals surface area contributed by atoms with Crippen LogP contribution >= 0.6 is 0 Å².